The molecule has 0 unspecified atom stereocenters. The third kappa shape index (κ3) is 4.39. The van der Waals surface area contributed by atoms with E-state index in [0.717, 1.165) is 24.0 Å². The molecule has 0 spiro atoms. The van der Waals surface area contributed by atoms with Gasteiger partial charge in [-0.3, -0.25) is 19.6 Å². The van der Waals surface area contributed by atoms with Gasteiger partial charge in [-0.2, -0.15) is 9.50 Å². The smallest absolute Gasteiger partial charge is 0.276 e. The molecule has 154 valence electrons. The van der Waals surface area contributed by atoms with Crippen LogP contribution in [0, 0.1) is 19.8 Å². The van der Waals surface area contributed by atoms with Crippen LogP contribution in [0.25, 0.3) is 5.78 Å². The van der Waals surface area contributed by atoms with Crippen LogP contribution in [0.3, 0.4) is 0 Å². The Morgan fingerprint density at radius 1 is 1.17 bits per heavy atom. The Morgan fingerprint density at radius 3 is 2.48 bits per heavy atom. The first kappa shape index (κ1) is 20.8. The molecule has 7 nitrogen and oxygen atoms in total. The second-order valence-corrected chi connectivity index (χ2v) is 7.83. The van der Waals surface area contributed by atoms with E-state index in [0.29, 0.717) is 30.2 Å². The van der Waals surface area contributed by atoms with E-state index < -0.39 is 0 Å². The van der Waals surface area contributed by atoms with Crippen LogP contribution < -0.4 is 10.5 Å². The number of carbonyl (C=O) groups is 1. The zero-order valence-corrected chi connectivity index (χ0v) is 17.8. The molecule has 29 heavy (non-hydrogen) atoms. The van der Waals surface area contributed by atoms with Gasteiger partial charge >= 0.3 is 0 Å². The second-order valence-electron chi connectivity index (χ2n) is 7.83. The third-order valence-corrected chi connectivity index (χ3v) is 5.04. The number of fused-ring (bicyclic) bond motifs is 1. The molecular weight excluding hydrogens is 366 g/mol. The normalized spacial score (nSPS) is 11.4. The molecule has 1 aromatic carbocycles. The third-order valence-electron chi connectivity index (χ3n) is 5.04. The fourth-order valence-corrected chi connectivity index (χ4v) is 3.25. The summed E-state index contributed by atoms with van der Waals surface area (Å²) in [7, 11) is 0. The number of aromatic amines is 1. The highest BCUT2D eigenvalue weighted by Gasteiger charge is 2.24. The number of aromatic nitrogens is 4. The predicted octanol–water partition coefficient (Wildman–Crippen LogP) is 3.57. The Kier molecular flexibility index (Phi) is 6.15. The van der Waals surface area contributed by atoms with Gasteiger partial charge in [-0.25, -0.2) is 4.98 Å². The summed E-state index contributed by atoms with van der Waals surface area (Å²) < 4.78 is 1.35. The van der Waals surface area contributed by atoms with Crippen LogP contribution in [-0.4, -0.2) is 25.5 Å². The van der Waals surface area contributed by atoms with Crippen molar-refractivity contribution in [3.63, 3.8) is 0 Å². The number of nitrogens with one attached hydrogen (secondary N) is 1. The number of anilines is 1. The predicted molar refractivity (Wildman–Crippen MR) is 114 cm³/mol. The lowest BCUT2D eigenvalue weighted by molar-refractivity contribution is -0.121. The van der Waals surface area contributed by atoms with Crippen molar-refractivity contribution < 1.29 is 4.79 Å². The lowest BCUT2D eigenvalue weighted by atomic mass is 10.1. The number of benzene rings is 1. The van der Waals surface area contributed by atoms with Gasteiger partial charge in [0, 0.05) is 11.5 Å². The minimum absolute atomic E-state index is 0.0689. The van der Waals surface area contributed by atoms with E-state index in [4.69, 9.17) is 0 Å². The minimum Gasteiger partial charge on any atom is -0.276 e. The van der Waals surface area contributed by atoms with Crippen LogP contribution in [0.5, 0.6) is 0 Å². The topological polar surface area (TPSA) is 83.4 Å². The molecule has 2 aromatic heterocycles. The number of H-pyrrole nitrogens is 1. The molecule has 2 heterocycles. The summed E-state index contributed by atoms with van der Waals surface area (Å²) in [4.78, 5) is 36.4. The molecule has 0 aliphatic carbocycles. The van der Waals surface area contributed by atoms with Crippen LogP contribution >= 0.6 is 0 Å². The Hall–Kier alpha value is -2.96. The van der Waals surface area contributed by atoms with Gasteiger partial charge in [0.1, 0.15) is 0 Å². The molecule has 1 N–H and O–H groups in total. The van der Waals surface area contributed by atoms with Crippen LogP contribution in [0.4, 0.5) is 5.95 Å². The summed E-state index contributed by atoms with van der Waals surface area (Å²) in [6.45, 7) is 10.0. The fraction of sp³-hybridized carbons (Fsp3) is 0.455. The number of unbranched alkanes of at least 4 members (excludes halogenated alkanes) is 1. The van der Waals surface area contributed by atoms with E-state index in [1.807, 2.05) is 52.0 Å². The van der Waals surface area contributed by atoms with E-state index in [2.05, 4.69) is 22.0 Å². The van der Waals surface area contributed by atoms with Crippen LogP contribution in [0.1, 0.15) is 56.0 Å². The van der Waals surface area contributed by atoms with E-state index in [1.54, 1.807) is 4.90 Å². The molecule has 0 fully saturated rings. The molecule has 0 radical (unpaired) electrons. The molecule has 7 heteroatoms. The lowest BCUT2D eigenvalue weighted by Gasteiger charge is -2.21. The van der Waals surface area contributed by atoms with E-state index in [1.165, 1.54) is 4.52 Å². The second kappa shape index (κ2) is 8.59. The molecule has 0 bridgehead atoms. The maximum atomic E-state index is 12.9. The summed E-state index contributed by atoms with van der Waals surface area (Å²) in [5, 5.41) is 3.01. The van der Waals surface area contributed by atoms with Crippen LogP contribution in [0.15, 0.2) is 29.1 Å². The van der Waals surface area contributed by atoms with Gasteiger partial charge in [-0.05, 0) is 32.3 Å². The first-order valence-electron chi connectivity index (χ1n) is 10.2. The number of hydrogen-bond acceptors (Lipinski definition) is 4. The maximum Gasteiger partial charge on any atom is 0.277 e. The van der Waals surface area contributed by atoms with Crippen molar-refractivity contribution >= 4 is 17.6 Å². The highest BCUT2D eigenvalue weighted by atomic mass is 16.2. The van der Waals surface area contributed by atoms with E-state index in [9.17, 15) is 9.59 Å². The molecule has 0 atom stereocenters. The van der Waals surface area contributed by atoms with Crippen molar-refractivity contribution in [1.29, 1.82) is 0 Å². The summed E-state index contributed by atoms with van der Waals surface area (Å²) in [5.41, 5.74) is 3.39. The number of amides is 1. The van der Waals surface area contributed by atoms with Gasteiger partial charge in [-0.1, -0.05) is 57.0 Å². The molecular formula is C22H29N5O2. The first-order chi connectivity index (χ1) is 13.8. The number of hydrogen-bond donors (Lipinski definition) is 1. The number of nitrogens with zero attached hydrogens (tertiary/aromatic N) is 4. The zero-order valence-electron chi connectivity index (χ0n) is 17.8. The molecule has 0 saturated heterocycles. The highest BCUT2D eigenvalue weighted by molar-refractivity contribution is 5.93. The Bertz CT molecular complexity index is 1060. The minimum atomic E-state index is -0.208. The van der Waals surface area contributed by atoms with E-state index >= 15 is 0 Å². The molecule has 1 amide bonds. The molecule has 3 aromatic rings. The van der Waals surface area contributed by atoms with Crippen molar-refractivity contribution in [2.24, 2.45) is 5.92 Å². The van der Waals surface area contributed by atoms with Crippen molar-refractivity contribution in [2.45, 2.75) is 60.4 Å². The molecule has 0 aliphatic heterocycles. The van der Waals surface area contributed by atoms with E-state index in [-0.39, 0.29) is 23.2 Å². The van der Waals surface area contributed by atoms with Crippen molar-refractivity contribution in [3.8, 4) is 0 Å². The van der Waals surface area contributed by atoms with Crippen LogP contribution in [0.2, 0.25) is 0 Å². The fourth-order valence-electron chi connectivity index (χ4n) is 3.25. The Labute approximate surface area is 170 Å². The van der Waals surface area contributed by atoms with Crippen molar-refractivity contribution in [2.75, 3.05) is 4.90 Å². The monoisotopic (exact) mass is 395 g/mol. The first-order valence-corrected chi connectivity index (χ1v) is 10.2. The zero-order chi connectivity index (χ0) is 21.1. The van der Waals surface area contributed by atoms with Gasteiger partial charge in [0.25, 0.3) is 11.3 Å². The van der Waals surface area contributed by atoms with Gasteiger partial charge in [0.15, 0.2) is 0 Å². The largest absolute Gasteiger partial charge is 0.277 e. The highest BCUT2D eigenvalue weighted by Crippen LogP contribution is 2.18. The molecule has 0 saturated carbocycles. The molecule has 3 rings (SSSR count). The Morgan fingerprint density at radius 2 is 1.86 bits per heavy atom. The average Bonchev–Trinajstić information content (AvgIpc) is 3.10. The Balaban J connectivity index is 2.05. The average molecular weight is 396 g/mol. The quantitative estimate of drug-likeness (QED) is 0.663. The summed E-state index contributed by atoms with van der Waals surface area (Å²) in [6, 6.07) is 8.02. The standard InChI is InChI=1S/C22H29N5O2/c1-6-7-8-18-16(5)23-21-24-22(25-27(21)20(18)29)26(19(28)14(2)3)13-17-11-9-15(4)10-12-17/h9-12,14H,6-8,13H2,1-5H3,(H,23,24,25). The van der Waals surface area contributed by atoms with Gasteiger partial charge in [0.05, 0.1) is 12.2 Å². The van der Waals surface area contributed by atoms with Gasteiger partial charge < -0.3 is 0 Å². The van der Waals surface area contributed by atoms with Gasteiger partial charge in [0.2, 0.25) is 11.9 Å². The SMILES string of the molecule is CCCCc1c(C)nc2nc(N(Cc3ccc(C)cc3)C(=O)C(C)C)[nH]n2c1=O. The van der Waals surface area contributed by atoms with Gasteiger partial charge in [-0.15, -0.1) is 0 Å². The van der Waals surface area contributed by atoms with Crippen molar-refractivity contribution in [3.05, 3.63) is 57.0 Å². The maximum absolute atomic E-state index is 12.9. The summed E-state index contributed by atoms with van der Waals surface area (Å²) >= 11 is 0. The van der Waals surface area contributed by atoms with Crippen molar-refractivity contribution in [1.82, 2.24) is 19.6 Å². The summed E-state index contributed by atoms with van der Waals surface area (Å²) in [5.74, 6) is 0.343. The van der Waals surface area contributed by atoms with Crippen LogP contribution in [-0.2, 0) is 17.8 Å². The number of carbonyl (C=O) groups excluding carboxylic acids is 1. The number of rotatable bonds is 7. The summed E-state index contributed by atoms with van der Waals surface area (Å²) in [6.07, 6.45) is 2.61. The lowest BCUT2D eigenvalue weighted by Crippen LogP contribution is -2.34. The molecule has 0 aliphatic rings. The number of aryl methyl sites for hydroxylation is 2.